The molecule has 20 heavy (non-hydrogen) atoms. The fourth-order valence-corrected chi connectivity index (χ4v) is 2.75. The minimum Gasteiger partial charge on any atom is -0.352 e. The van der Waals surface area contributed by atoms with Crippen molar-refractivity contribution >= 4 is 18.3 Å². The van der Waals surface area contributed by atoms with Gasteiger partial charge >= 0.3 is 0 Å². The largest absolute Gasteiger partial charge is 0.352 e. The van der Waals surface area contributed by atoms with Crippen LogP contribution in [0.2, 0.25) is 0 Å². The summed E-state index contributed by atoms with van der Waals surface area (Å²) in [5.41, 5.74) is 5.80. The van der Waals surface area contributed by atoms with Gasteiger partial charge in [0.05, 0.1) is 12.7 Å². The Labute approximate surface area is 125 Å². The van der Waals surface area contributed by atoms with Crippen LogP contribution in [0.15, 0.2) is 12.4 Å². The summed E-state index contributed by atoms with van der Waals surface area (Å²) in [5.74, 6) is 0.602. The van der Waals surface area contributed by atoms with Gasteiger partial charge in [0.25, 0.3) is 0 Å². The lowest BCUT2D eigenvalue weighted by atomic mass is 9.84. The molecule has 1 fully saturated rings. The summed E-state index contributed by atoms with van der Waals surface area (Å²) in [7, 11) is 0. The van der Waals surface area contributed by atoms with E-state index in [4.69, 9.17) is 5.73 Å². The van der Waals surface area contributed by atoms with E-state index in [0.717, 1.165) is 0 Å². The van der Waals surface area contributed by atoms with E-state index >= 15 is 0 Å². The zero-order valence-corrected chi connectivity index (χ0v) is 12.5. The van der Waals surface area contributed by atoms with Gasteiger partial charge in [-0.3, -0.25) is 9.48 Å². The molecule has 1 atom stereocenters. The molecule has 1 aliphatic rings. The maximum Gasteiger partial charge on any atom is 0.222 e. The molecule has 1 amide bonds. The number of carbonyl (C=O) groups is 1. The lowest BCUT2D eigenvalue weighted by Gasteiger charge is -2.30. The van der Waals surface area contributed by atoms with Crippen molar-refractivity contribution in [3.05, 3.63) is 12.4 Å². The van der Waals surface area contributed by atoms with Crippen LogP contribution < -0.4 is 11.1 Å². The highest BCUT2D eigenvalue weighted by molar-refractivity contribution is 5.85. The summed E-state index contributed by atoms with van der Waals surface area (Å²) in [5, 5.41) is 10.6. The number of halogens is 1. The number of rotatable bonds is 6. The smallest absolute Gasteiger partial charge is 0.222 e. The minimum atomic E-state index is 0. The molecule has 0 radical (unpaired) electrons. The van der Waals surface area contributed by atoms with Crippen LogP contribution in [0.4, 0.5) is 0 Å². The van der Waals surface area contributed by atoms with Crippen LogP contribution in [-0.2, 0) is 11.3 Å². The molecule has 1 aromatic heterocycles. The molecule has 114 valence electrons. The molecular formula is C13H24ClN5O. The van der Waals surface area contributed by atoms with E-state index in [1.165, 1.54) is 32.1 Å². The van der Waals surface area contributed by atoms with Crippen molar-refractivity contribution in [3.63, 3.8) is 0 Å². The molecule has 0 aromatic carbocycles. The van der Waals surface area contributed by atoms with Gasteiger partial charge in [0.15, 0.2) is 0 Å². The molecule has 0 saturated heterocycles. The number of nitrogens with two attached hydrogens (primary N) is 1. The summed E-state index contributed by atoms with van der Waals surface area (Å²) in [4.78, 5) is 11.9. The van der Waals surface area contributed by atoms with E-state index < -0.39 is 0 Å². The van der Waals surface area contributed by atoms with Gasteiger partial charge in [0, 0.05) is 25.2 Å². The Morgan fingerprint density at radius 3 is 2.75 bits per heavy atom. The molecule has 0 spiro atoms. The number of carbonyl (C=O) groups excluding carboxylic acids is 1. The topological polar surface area (TPSA) is 85.8 Å². The van der Waals surface area contributed by atoms with E-state index in [0.29, 0.717) is 25.4 Å². The Balaban J connectivity index is 0.00000200. The van der Waals surface area contributed by atoms with Gasteiger partial charge < -0.3 is 11.1 Å². The number of aromatic nitrogens is 3. The van der Waals surface area contributed by atoms with E-state index in [2.05, 4.69) is 15.6 Å². The van der Waals surface area contributed by atoms with E-state index in [-0.39, 0.29) is 24.4 Å². The molecule has 0 bridgehead atoms. The van der Waals surface area contributed by atoms with Crippen LogP contribution in [0, 0.1) is 5.92 Å². The standard InChI is InChI=1S/C13H23N5O.ClH/c14-10-12(11-4-2-1-3-5-11)16-13(19)6-8-18-9-7-15-17-18;/h7,9,11-12H,1-6,8,10,14H2,(H,16,19);1H. The van der Waals surface area contributed by atoms with Gasteiger partial charge in [-0.15, -0.1) is 17.5 Å². The molecule has 1 aliphatic carbocycles. The molecule has 0 aliphatic heterocycles. The number of amides is 1. The first-order chi connectivity index (χ1) is 9.29. The Kier molecular flexibility index (Phi) is 7.54. The van der Waals surface area contributed by atoms with Gasteiger partial charge in [0.1, 0.15) is 0 Å². The first-order valence-electron chi connectivity index (χ1n) is 7.13. The third-order valence-corrected chi connectivity index (χ3v) is 3.86. The van der Waals surface area contributed by atoms with Gasteiger partial charge in [-0.1, -0.05) is 24.5 Å². The van der Waals surface area contributed by atoms with Crippen molar-refractivity contribution in [2.45, 2.75) is 51.1 Å². The fraction of sp³-hybridized carbons (Fsp3) is 0.769. The zero-order valence-electron chi connectivity index (χ0n) is 11.7. The molecule has 1 unspecified atom stereocenters. The highest BCUT2D eigenvalue weighted by Crippen LogP contribution is 2.26. The fourth-order valence-electron chi connectivity index (χ4n) is 2.75. The molecule has 7 heteroatoms. The van der Waals surface area contributed by atoms with Crippen LogP contribution >= 0.6 is 12.4 Å². The Bertz CT molecular complexity index is 378. The number of aryl methyl sites for hydroxylation is 1. The van der Waals surface area contributed by atoms with Crippen molar-refractivity contribution in [1.29, 1.82) is 0 Å². The first-order valence-corrected chi connectivity index (χ1v) is 7.13. The van der Waals surface area contributed by atoms with Crippen LogP contribution in [0.3, 0.4) is 0 Å². The van der Waals surface area contributed by atoms with Gasteiger partial charge in [-0.2, -0.15) is 0 Å². The zero-order chi connectivity index (χ0) is 13.5. The minimum absolute atomic E-state index is 0. The maximum absolute atomic E-state index is 11.9. The van der Waals surface area contributed by atoms with Gasteiger partial charge in [0.2, 0.25) is 5.91 Å². The summed E-state index contributed by atoms with van der Waals surface area (Å²) in [6, 6.07) is 0.128. The third kappa shape index (κ3) is 5.09. The lowest BCUT2D eigenvalue weighted by Crippen LogP contribution is -2.46. The summed E-state index contributed by atoms with van der Waals surface area (Å²) >= 11 is 0. The van der Waals surface area contributed by atoms with E-state index in [1.54, 1.807) is 17.1 Å². The number of nitrogens with zero attached hydrogens (tertiary/aromatic N) is 3. The monoisotopic (exact) mass is 301 g/mol. The number of hydrogen-bond donors (Lipinski definition) is 2. The Morgan fingerprint density at radius 1 is 1.40 bits per heavy atom. The number of nitrogens with one attached hydrogen (secondary N) is 1. The maximum atomic E-state index is 11.9. The van der Waals surface area contributed by atoms with Crippen molar-refractivity contribution in [3.8, 4) is 0 Å². The predicted molar refractivity (Wildman–Crippen MR) is 79.4 cm³/mol. The molecule has 1 aromatic rings. The molecule has 2 rings (SSSR count). The highest BCUT2D eigenvalue weighted by Gasteiger charge is 2.23. The average Bonchev–Trinajstić information content (AvgIpc) is 2.97. The van der Waals surface area contributed by atoms with Crippen molar-refractivity contribution < 1.29 is 4.79 Å². The summed E-state index contributed by atoms with van der Waals surface area (Å²) in [6.45, 7) is 1.09. The van der Waals surface area contributed by atoms with Crippen LogP contribution in [-0.4, -0.2) is 33.5 Å². The molecule has 3 N–H and O–H groups in total. The summed E-state index contributed by atoms with van der Waals surface area (Å²) < 4.78 is 1.66. The molecule has 1 heterocycles. The third-order valence-electron chi connectivity index (χ3n) is 3.86. The van der Waals surface area contributed by atoms with E-state index in [9.17, 15) is 4.79 Å². The Hall–Kier alpha value is -1.14. The van der Waals surface area contributed by atoms with Gasteiger partial charge in [-0.25, -0.2) is 0 Å². The second-order valence-electron chi connectivity index (χ2n) is 5.22. The SMILES string of the molecule is Cl.NCC(NC(=O)CCn1ccnn1)C1CCCCC1. The highest BCUT2D eigenvalue weighted by atomic mass is 35.5. The van der Waals surface area contributed by atoms with E-state index in [1.807, 2.05) is 0 Å². The van der Waals surface area contributed by atoms with Crippen LogP contribution in [0.1, 0.15) is 38.5 Å². The van der Waals surface area contributed by atoms with Crippen molar-refractivity contribution in [2.24, 2.45) is 11.7 Å². The molecule has 1 saturated carbocycles. The average molecular weight is 302 g/mol. The summed E-state index contributed by atoms with van der Waals surface area (Å²) in [6.07, 6.45) is 10.0. The second kappa shape index (κ2) is 8.92. The Morgan fingerprint density at radius 2 is 2.15 bits per heavy atom. The normalized spacial score (nSPS) is 17.2. The number of hydrogen-bond acceptors (Lipinski definition) is 4. The van der Waals surface area contributed by atoms with Crippen LogP contribution in [0.25, 0.3) is 0 Å². The second-order valence-corrected chi connectivity index (χ2v) is 5.22. The van der Waals surface area contributed by atoms with Crippen LogP contribution in [0.5, 0.6) is 0 Å². The molecule has 6 nitrogen and oxygen atoms in total. The quantitative estimate of drug-likeness (QED) is 0.824. The first kappa shape index (κ1) is 16.9. The molecular weight excluding hydrogens is 278 g/mol. The van der Waals surface area contributed by atoms with Crippen molar-refractivity contribution in [1.82, 2.24) is 20.3 Å². The van der Waals surface area contributed by atoms with Crippen molar-refractivity contribution in [2.75, 3.05) is 6.54 Å². The predicted octanol–water partition coefficient (Wildman–Crippen LogP) is 1.11. The van der Waals surface area contributed by atoms with Gasteiger partial charge in [-0.05, 0) is 18.8 Å². The lowest BCUT2D eigenvalue weighted by molar-refractivity contribution is -0.122.